The van der Waals surface area contributed by atoms with Gasteiger partial charge in [-0.2, -0.15) is 5.10 Å². The van der Waals surface area contributed by atoms with E-state index in [9.17, 15) is 18.5 Å². The van der Waals surface area contributed by atoms with E-state index in [1.807, 2.05) is 6.92 Å². The number of aromatic nitrogens is 2. The maximum Gasteiger partial charge on any atom is 0.257 e. The Morgan fingerprint density at radius 2 is 2.00 bits per heavy atom. The second kappa shape index (κ2) is 10.4. The third-order valence-corrected chi connectivity index (χ3v) is 5.32. The first-order chi connectivity index (χ1) is 15.3. The molecule has 0 aliphatic heterocycles. The number of halogens is 1. The number of ether oxygens (including phenoxy) is 2. The van der Waals surface area contributed by atoms with Gasteiger partial charge in [0.1, 0.15) is 17.6 Å². The van der Waals surface area contributed by atoms with Crippen molar-refractivity contribution in [3.8, 4) is 17.2 Å². The summed E-state index contributed by atoms with van der Waals surface area (Å²) in [5.74, 6) is -0.455. The van der Waals surface area contributed by atoms with Gasteiger partial charge in [-0.15, -0.1) is 0 Å². The molecule has 0 aliphatic rings. The van der Waals surface area contributed by atoms with Crippen molar-refractivity contribution in [3.05, 3.63) is 60.0 Å². The first-order valence-electron chi connectivity index (χ1n) is 9.87. The van der Waals surface area contributed by atoms with Gasteiger partial charge >= 0.3 is 0 Å². The number of nitrogens with zero attached hydrogens (tertiary/aromatic N) is 2. The van der Waals surface area contributed by atoms with Crippen molar-refractivity contribution in [2.24, 2.45) is 0 Å². The molecule has 8 nitrogen and oxygen atoms in total. The Morgan fingerprint density at radius 1 is 1.25 bits per heavy atom. The van der Waals surface area contributed by atoms with E-state index >= 15 is 0 Å². The fraction of sp³-hybridized carbons (Fsp3) is 0.273. The topological polar surface area (TPSA) is 103 Å². The van der Waals surface area contributed by atoms with Gasteiger partial charge in [0.25, 0.3) is 5.91 Å². The van der Waals surface area contributed by atoms with Crippen molar-refractivity contribution in [2.45, 2.75) is 31.4 Å². The summed E-state index contributed by atoms with van der Waals surface area (Å²) in [5.41, 5.74) is 0.195. The molecule has 0 radical (unpaired) electrons. The Bertz CT molecular complexity index is 1130. The zero-order chi connectivity index (χ0) is 23.3. The third kappa shape index (κ3) is 5.92. The van der Waals surface area contributed by atoms with Crippen molar-refractivity contribution in [3.63, 3.8) is 0 Å². The minimum atomic E-state index is -1.33. The SMILES string of the molecule is CCn1ccc(NC(=O)c2cc(Oc3ccc(S(C)=O)cc3F)cc(O[C@@H](C)CO)c2)n1. The van der Waals surface area contributed by atoms with Crippen LogP contribution in [0, 0.1) is 5.82 Å². The highest BCUT2D eigenvalue weighted by Gasteiger charge is 2.15. The average molecular weight is 462 g/mol. The maximum absolute atomic E-state index is 14.4. The van der Waals surface area contributed by atoms with E-state index in [-0.39, 0.29) is 29.4 Å². The van der Waals surface area contributed by atoms with Crippen LogP contribution in [0.3, 0.4) is 0 Å². The number of nitrogens with one attached hydrogen (secondary N) is 1. The van der Waals surface area contributed by atoms with Crippen LogP contribution in [0.2, 0.25) is 0 Å². The molecule has 1 amide bonds. The molecule has 1 aromatic heterocycles. The normalized spacial score (nSPS) is 12.8. The zero-order valence-corrected chi connectivity index (χ0v) is 18.7. The molecule has 0 aliphatic carbocycles. The number of hydrogen-bond acceptors (Lipinski definition) is 6. The predicted octanol–water partition coefficient (Wildman–Crippen LogP) is 3.58. The largest absolute Gasteiger partial charge is 0.488 e. The summed E-state index contributed by atoms with van der Waals surface area (Å²) < 4.78 is 38.9. The second-order valence-electron chi connectivity index (χ2n) is 6.96. The Labute approximate surface area is 187 Å². The number of benzene rings is 2. The smallest absolute Gasteiger partial charge is 0.257 e. The van der Waals surface area contributed by atoms with E-state index in [0.717, 1.165) is 6.07 Å². The first kappa shape index (κ1) is 23.4. The van der Waals surface area contributed by atoms with E-state index in [2.05, 4.69) is 10.4 Å². The number of aliphatic hydroxyl groups is 1. The molecule has 2 atom stereocenters. The standard InChI is InChI=1S/C22H24FN3O5S/c1-4-26-8-7-21(25-26)24-22(28)15-9-16(30-14(2)13-27)11-17(10-15)31-20-6-5-18(32(3)29)12-19(20)23/h5-12,14,27H,4,13H2,1-3H3,(H,24,25,28)/t14-,32?/m0/s1. The summed E-state index contributed by atoms with van der Waals surface area (Å²) in [7, 11) is -1.33. The molecule has 1 unspecified atom stereocenters. The van der Waals surface area contributed by atoms with E-state index < -0.39 is 28.6 Å². The lowest BCUT2D eigenvalue weighted by Crippen LogP contribution is -2.17. The molecule has 10 heteroatoms. The summed E-state index contributed by atoms with van der Waals surface area (Å²) >= 11 is 0. The number of carbonyl (C=O) groups excluding carboxylic acids is 1. The van der Waals surface area contributed by atoms with Crippen LogP contribution >= 0.6 is 0 Å². The Morgan fingerprint density at radius 3 is 2.62 bits per heavy atom. The summed E-state index contributed by atoms with van der Waals surface area (Å²) in [4.78, 5) is 13.1. The molecule has 1 heterocycles. The van der Waals surface area contributed by atoms with E-state index in [1.54, 1.807) is 23.9 Å². The second-order valence-corrected chi connectivity index (χ2v) is 8.34. The van der Waals surface area contributed by atoms with E-state index in [0.29, 0.717) is 17.3 Å². The number of rotatable bonds is 9. The summed E-state index contributed by atoms with van der Waals surface area (Å²) in [6.07, 6.45) is 2.66. The lowest BCUT2D eigenvalue weighted by Gasteiger charge is -2.15. The Balaban J connectivity index is 1.90. The monoisotopic (exact) mass is 461 g/mol. The predicted molar refractivity (Wildman–Crippen MR) is 118 cm³/mol. The molecule has 0 bridgehead atoms. The van der Waals surface area contributed by atoms with E-state index in [1.165, 1.54) is 36.6 Å². The number of carbonyl (C=O) groups is 1. The highest BCUT2D eigenvalue weighted by atomic mass is 32.2. The molecule has 0 fully saturated rings. The number of anilines is 1. The van der Waals surface area contributed by atoms with Crippen molar-refractivity contribution < 1.29 is 28.0 Å². The minimum absolute atomic E-state index is 0.0976. The molecular formula is C22H24FN3O5S. The van der Waals surface area contributed by atoms with Gasteiger partial charge in [-0.05, 0) is 44.2 Å². The third-order valence-electron chi connectivity index (χ3n) is 4.41. The van der Waals surface area contributed by atoms with Gasteiger partial charge in [-0.25, -0.2) is 4.39 Å². The van der Waals surface area contributed by atoms with Crippen molar-refractivity contribution in [1.82, 2.24) is 9.78 Å². The molecule has 170 valence electrons. The van der Waals surface area contributed by atoms with Crippen molar-refractivity contribution in [2.75, 3.05) is 18.2 Å². The molecule has 0 saturated heterocycles. The molecule has 0 saturated carbocycles. The van der Waals surface area contributed by atoms with Crippen LogP contribution in [0.15, 0.2) is 53.6 Å². The van der Waals surface area contributed by atoms with Gasteiger partial charge in [0, 0.05) is 52.4 Å². The first-order valence-corrected chi connectivity index (χ1v) is 11.4. The van der Waals surface area contributed by atoms with Crippen LogP contribution in [-0.2, 0) is 17.3 Å². The van der Waals surface area contributed by atoms with Gasteiger partial charge in [0.05, 0.1) is 6.61 Å². The lowest BCUT2D eigenvalue weighted by atomic mass is 10.2. The van der Waals surface area contributed by atoms with Crippen LogP contribution < -0.4 is 14.8 Å². The van der Waals surface area contributed by atoms with Crippen LogP contribution in [0.1, 0.15) is 24.2 Å². The minimum Gasteiger partial charge on any atom is -0.488 e. The molecular weight excluding hydrogens is 437 g/mol. The summed E-state index contributed by atoms with van der Waals surface area (Å²) in [5, 5.41) is 16.2. The van der Waals surface area contributed by atoms with Gasteiger partial charge < -0.3 is 19.9 Å². The molecule has 3 rings (SSSR count). The molecule has 2 N–H and O–H groups in total. The van der Waals surface area contributed by atoms with Gasteiger partial charge in [0.2, 0.25) is 0 Å². The van der Waals surface area contributed by atoms with Gasteiger partial charge in [-0.1, -0.05) is 0 Å². The molecule has 0 spiro atoms. The molecule has 3 aromatic rings. The maximum atomic E-state index is 14.4. The highest BCUT2D eigenvalue weighted by molar-refractivity contribution is 7.84. The number of aliphatic hydroxyl groups excluding tert-OH is 1. The number of amides is 1. The molecule has 32 heavy (non-hydrogen) atoms. The summed E-state index contributed by atoms with van der Waals surface area (Å²) in [6.45, 7) is 4.01. The van der Waals surface area contributed by atoms with Crippen LogP contribution in [0.25, 0.3) is 0 Å². The lowest BCUT2D eigenvalue weighted by molar-refractivity contribution is 0.102. The van der Waals surface area contributed by atoms with Crippen molar-refractivity contribution in [1.29, 1.82) is 0 Å². The fourth-order valence-electron chi connectivity index (χ4n) is 2.76. The Kier molecular flexibility index (Phi) is 7.60. The Hall–Kier alpha value is -3.24. The van der Waals surface area contributed by atoms with Gasteiger partial charge in [0.15, 0.2) is 17.4 Å². The highest BCUT2D eigenvalue weighted by Crippen LogP contribution is 2.30. The quantitative estimate of drug-likeness (QED) is 0.505. The van der Waals surface area contributed by atoms with Crippen molar-refractivity contribution >= 4 is 22.5 Å². The van der Waals surface area contributed by atoms with Crippen LogP contribution in [-0.4, -0.2) is 44.0 Å². The summed E-state index contributed by atoms with van der Waals surface area (Å²) in [6, 6.07) is 10.1. The van der Waals surface area contributed by atoms with Crippen LogP contribution in [0.4, 0.5) is 10.2 Å². The zero-order valence-electron chi connectivity index (χ0n) is 17.9. The fourth-order valence-corrected chi connectivity index (χ4v) is 3.29. The van der Waals surface area contributed by atoms with E-state index in [4.69, 9.17) is 9.47 Å². The average Bonchev–Trinajstić information content (AvgIpc) is 3.22. The van der Waals surface area contributed by atoms with Crippen LogP contribution in [0.5, 0.6) is 17.2 Å². The number of aryl methyl sites for hydroxylation is 1. The number of hydrogen-bond donors (Lipinski definition) is 2. The molecule has 2 aromatic carbocycles. The van der Waals surface area contributed by atoms with Gasteiger partial charge in [-0.3, -0.25) is 13.7 Å².